The van der Waals surface area contributed by atoms with Gasteiger partial charge in [0, 0.05) is 38.5 Å². The summed E-state index contributed by atoms with van der Waals surface area (Å²) in [5.41, 5.74) is -0.643. The summed E-state index contributed by atoms with van der Waals surface area (Å²) in [7, 11) is 0. The fraction of sp³-hybridized carbons (Fsp3) is 0.619. The van der Waals surface area contributed by atoms with Crippen LogP contribution in [0.5, 0.6) is 5.75 Å². The zero-order chi connectivity index (χ0) is 21.5. The van der Waals surface area contributed by atoms with Crippen molar-refractivity contribution in [2.45, 2.75) is 38.0 Å². The number of urea groups is 1. The zero-order valence-corrected chi connectivity index (χ0v) is 16.5. The maximum atomic E-state index is 13.2. The van der Waals surface area contributed by atoms with Gasteiger partial charge in [0.1, 0.15) is 12.4 Å². The number of nitrogens with zero attached hydrogens (tertiary/aromatic N) is 2. The summed E-state index contributed by atoms with van der Waals surface area (Å²) in [6.45, 7) is 2.33. The van der Waals surface area contributed by atoms with Crippen LogP contribution in [-0.4, -0.2) is 65.6 Å². The number of alkyl halides is 3. The highest BCUT2D eigenvalue weighted by Crippen LogP contribution is 2.36. The zero-order valence-electron chi connectivity index (χ0n) is 16.5. The van der Waals surface area contributed by atoms with Crippen LogP contribution in [0.1, 0.15) is 30.4 Å². The number of ether oxygens (including phenoxy) is 1. The van der Waals surface area contributed by atoms with Gasteiger partial charge in [-0.05, 0) is 42.9 Å². The summed E-state index contributed by atoms with van der Waals surface area (Å²) in [6, 6.07) is 3.28. The number of carbonyl (C=O) groups is 2. The van der Waals surface area contributed by atoms with Crippen molar-refractivity contribution < 1.29 is 32.6 Å². The number of carbonyl (C=O) groups excluding carboxylic acids is 2. The maximum Gasteiger partial charge on any atom is 0.416 e. The number of benzene rings is 1. The predicted molar refractivity (Wildman–Crippen MR) is 101 cm³/mol. The molecular weight excluding hydrogens is 401 g/mol. The van der Waals surface area contributed by atoms with Gasteiger partial charge in [-0.1, -0.05) is 6.07 Å². The van der Waals surface area contributed by atoms with E-state index < -0.39 is 17.5 Å². The van der Waals surface area contributed by atoms with E-state index >= 15 is 0 Å². The number of phenols is 1. The Hall–Kier alpha value is -2.29. The Bertz CT molecular complexity index is 823. The van der Waals surface area contributed by atoms with E-state index in [1.807, 2.05) is 0 Å². The smallest absolute Gasteiger partial charge is 0.416 e. The summed E-state index contributed by atoms with van der Waals surface area (Å²) in [6.07, 6.45) is -2.50. The van der Waals surface area contributed by atoms with Crippen molar-refractivity contribution in [3.8, 4) is 5.75 Å². The Morgan fingerprint density at radius 1 is 1.20 bits per heavy atom. The minimum atomic E-state index is -4.51. The largest absolute Gasteiger partial charge is 0.508 e. The first-order valence-electron chi connectivity index (χ1n) is 10.3. The van der Waals surface area contributed by atoms with Gasteiger partial charge in [0.15, 0.2) is 5.78 Å². The molecule has 1 aromatic carbocycles. The molecule has 0 unspecified atom stereocenters. The number of hydrogen-bond donors (Lipinski definition) is 1. The van der Waals surface area contributed by atoms with Crippen molar-refractivity contribution in [3.63, 3.8) is 0 Å². The van der Waals surface area contributed by atoms with Gasteiger partial charge in [-0.25, -0.2) is 4.79 Å². The van der Waals surface area contributed by atoms with E-state index in [1.165, 1.54) is 12.1 Å². The monoisotopic (exact) mass is 426 g/mol. The highest BCUT2D eigenvalue weighted by atomic mass is 19.4. The van der Waals surface area contributed by atoms with E-state index in [2.05, 4.69) is 0 Å². The first-order valence-corrected chi connectivity index (χ1v) is 10.3. The van der Waals surface area contributed by atoms with Crippen LogP contribution in [0.3, 0.4) is 0 Å². The SMILES string of the molecule is O=C1CO[C@H]2CCN(C(=O)N3CC(CCc4ccc(O)cc4C(F)(F)F)C3)C[C@H]2C1. The summed E-state index contributed by atoms with van der Waals surface area (Å²) in [4.78, 5) is 27.8. The van der Waals surface area contributed by atoms with Gasteiger partial charge >= 0.3 is 12.2 Å². The summed E-state index contributed by atoms with van der Waals surface area (Å²) >= 11 is 0. The van der Waals surface area contributed by atoms with Crippen LogP contribution in [0.4, 0.5) is 18.0 Å². The number of likely N-dealkylation sites (tertiary alicyclic amines) is 2. The van der Waals surface area contributed by atoms with Gasteiger partial charge in [0.2, 0.25) is 0 Å². The van der Waals surface area contributed by atoms with Crippen molar-refractivity contribution in [2.75, 3.05) is 32.8 Å². The average Bonchev–Trinajstić information content (AvgIpc) is 2.66. The normalized spacial score (nSPS) is 25.1. The number of amides is 2. The molecule has 0 aliphatic carbocycles. The number of hydrogen-bond acceptors (Lipinski definition) is 4. The van der Waals surface area contributed by atoms with Crippen molar-refractivity contribution in [2.24, 2.45) is 11.8 Å². The van der Waals surface area contributed by atoms with Crippen molar-refractivity contribution >= 4 is 11.8 Å². The second kappa shape index (κ2) is 8.09. The topological polar surface area (TPSA) is 70.1 Å². The van der Waals surface area contributed by atoms with E-state index in [0.717, 1.165) is 12.5 Å². The van der Waals surface area contributed by atoms with Gasteiger partial charge in [0.25, 0.3) is 0 Å². The van der Waals surface area contributed by atoms with Gasteiger partial charge in [0.05, 0.1) is 11.7 Å². The van der Waals surface area contributed by atoms with Gasteiger partial charge in [-0.3, -0.25) is 4.79 Å². The number of aryl methyl sites for hydroxylation is 1. The fourth-order valence-electron chi connectivity index (χ4n) is 4.67. The molecule has 3 aliphatic heterocycles. The summed E-state index contributed by atoms with van der Waals surface area (Å²) in [5.74, 6) is -0.125. The predicted octanol–water partition coefficient (Wildman–Crippen LogP) is 3.08. The third kappa shape index (κ3) is 4.40. The lowest BCUT2D eigenvalue weighted by atomic mass is 9.87. The number of halogens is 3. The summed E-state index contributed by atoms with van der Waals surface area (Å²) < 4.78 is 45.1. The molecule has 3 saturated heterocycles. The molecule has 2 atom stereocenters. The standard InChI is InChI=1S/C21H25F3N2O4/c22-21(23,24)18-8-16(27)4-3-14(18)2-1-13-9-26(10-13)20(29)25-6-5-19-15(11-25)7-17(28)12-30-19/h3-4,8,13,15,19,27H,1-2,5-7,9-12H2/t15-,19+/m1/s1. The molecule has 0 bridgehead atoms. The van der Waals surface area contributed by atoms with Crippen molar-refractivity contribution in [1.29, 1.82) is 0 Å². The van der Waals surface area contributed by atoms with Crippen LogP contribution in [-0.2, 0) is 22.1 Å². The molecule has 164 valence electrons. The molecule has 2 amide bonds. The Balaban J connectivity index is 1.27. The molecule has 0 saturated carbocycles. The third-order valence-electron chi connectivity index (χ3n) is 6.33. The van der Waals surface area contributed by atoms with Crippen molar-refractivity contribution in [1.82, 2.24) is 9.80 Å². The van der Waals surface area contributed by atoms with Crippen molar-refractivity contribution in [3.05, 3.63) is 29.3 Å². The van der Waals surface area contributed by atoms with E-state index in [4.69, 9.17) is 4.74 Å². The van der Waals surface area contributed by atoms with E-state index in [-0.39, 0.29) is 48.3 Å². The Morgan fingerprint density at radius 2 is 1.97 bits per heavy atom. The lowest BCUT2D eigenvalue weighted by Gasteiger charge is -2.46. The second-order valence-corrected chi connectivity index (χ2v) is 8.52. The van der Waals surface area contributed by atoms with E-state index in [9.17, 15) is 27.9 Å². The minimum absolute atomic E-state index is 0.0454. The molecule has 0 aromatic heterocycles. The maximum absolute atomic E-state index is 13.2. The third-order valence-corrected chi connectivity index (χ3v) is 6.33. The molecule has 1 N–H and O–H groups in total. The molecule has 6 nitrogen and oxygen atoms in total. The molecule has 1 aromatic rings. The van der Waals surface area contributed by atoms with E-state index in [0.29, 0.717) is 39.0 Å². The number of piperidine rings is 1. The first-order chi connectivity index (χ1) is 14.2. The fourth-order valence-corrected chi connectivity index (χ4v) is 4.67. The molecule has 0 spiro atoms. The molecular formula is C21H25F3N2O4. The van der Waals surface area contributed by atoms with Gasteiger partial charge < -0.3 is 19.6 Å². The van der Waals surface area contributed by atoms with Crippen LogP contribution in [0.25, 0.3) is 0 Å². The molecule has 0 radical (unpaired) electrons. The van der Waals surface area contributed by atoms with Crippen LogP contribution in [0.15, 0.2) is 18.2 Å². The van der Waals surface area contributed by atoms with Crippen LogP contribution >= 0.6 is 0 Å². The molecule has 3 aliphatic rings. The number of fused-ring (bicyclic) bond motifs is 1. The second-order valence-electron chi connectivity index (χ2n) is 8.52. The van der Waals surface area contributed by atoms with Crippen LogP contribution in [0.2, 0.25) is 0 Å². The number of rotatable bonds is 3. The lowest BCUT2D eigenvalue weighted by Crippen LogP contribution is -2.58. The Labute approximate surface area is 172 Å². The Kier molecular flexibility index (Phi) is 5.65. The minimum Gasteiger partial charge on any atom is -0.508 e. The van der Waals surface area contributed by atoms with Gasteiger partial charge in [-0.15, -0.1) is 0 Å². The molecule has 30 heavy (non-hydrogen) atoms. The number of ketones is 1. The number of Topliss-reactive ketones (excluding diaryl/α,β-unsaturated/α-hetero) is 1. The Morgan fingerprint density at radius 3 is 2.70 bits per heavy atom. The molecule has 4 rings (SSSR count). The first kappa shape index (κ1) is 21.0. The molecule has 3 fully saturated rings. The quantitative estimate of drug-likeness (QED) is 0.807. The lowest BCUT2D eigenvalue weighted by molar-refractivity contribution is -0.140. The highest BCUT2D eigenvalue weighted by Gasteiger charge is 2.40. The van der Waals surface area contributed by atoms with Crippen LogP contribution in [0, 0.1) is 11.8 Å². The average molecular weight is 426 g/mol. The van der Waals surface area contributed by atoms with Gasteiger partial charge in [-0.2, -0.15) is 13.2 Å². The highest BCUT2D eigenvalue weighted by molar-refractivity contribution is 5.81. The number of aromatic hydroxyl groups is 1. The van der Waals surface area contributed by atoms with E-state index in [1.54, 1.807) is 9.80 Å². The molecule has 3 heterocycles. The summed E-state index contributed by atoms with van der Waals surface area (Å²) in [5, 5.41) is 9.37. The molecule has 9 heteroatoms. The number of phenolic OH excluding ortho intramolecular Hbond substituents is 1. The van der Waals surface area contributed by atoms with Crippen LogP contribution < -0.4 is 0 Å².